The summed E-state index contributed by atoms with van der Waals surface area (Å²) in [7, 11) is 0. The second-order valence-electron chi connectivity index (χ2n) is 8.53. The predicted molar refractivity (Wildman–Crippen MR) is 124 cm³/mol. The molecule has 1 aliphatic heterocycles. The van der Waals surface area contributed by atoms with Crippen LogP contribution in [0.25, 0.3) is 0 Å². The van der Waals surface area contributed by atoms with Crippen LogP contribution in [0.4, 0.5) is 10.7 Å². The third-order valence-corrected chi connectivity index (χ3v) is 7.43. The number of carbonyl (C=O) groups excluding carboxylic acids is 1. The Morgan fingerprint density at radius 2 is 2.13 bits per heavy atom. The Balaban J connectivity index is 1.34. The van der Waals surface area contributed by atoms with Gasteiger partial charge in [0.05, 0.1) is 44.0 Å². The number of nitrogens with zero attached hydrogens (tertiary/aromatic N) is 2. The van der Waals surface area contributed by atoms with E-state index in [1.54, 1.807) is 11.3 Å². The molecule has 1 aromatic carbocycles. The SMILES string of the molecule is CCOc1ccccc1N1CC[NH+](CC(=O)Nc2sc3c(c2C#N)CC[C@@H](C)C3)CC1. The van der Waals surface area contributed by atoms with Crippen LogP contribution in [0.2, 0.25) is 0 Å². The van der Waals surface area contributed by atoms with Crippen molar-refractivity contribution >= 4 is 27.9 Å². The van der Waals surface area contributed by atoms with E-state index in [9.17, 15) is 10.1 Å². The summed E-state index contributed by atoms with van der Waals surface area (Å²) in [6, 6.07) is 10.5. The van der Waals surface area contributed by atoms with Crippen molar-refractivity contribution < 1.29 is 14.4 Å². The Morgan fingerprint density at radius 3 is 2.87 bits per heavy atom. The van der Waals surface area contributed by atoms with Crippen molar-refractivity contribution in [1.29, 1.82) is 5.26 Å². The number of ether oxygens (including phenoxy) is 1. The first-order valence-electron chi connectivity index (χ1n) is 11.2. The Morgan fingerprint density at radius 1 is 1.35 bits per heavy atom. The summed E-state index contributed by atoms with van der Waals surface area (Å²) in [5.41, 5.74) is 2.98. The molecule has 1 atom stereocenters. The van der Waals surface area contributed by atoms with Gasteiger partial charge in [0.2, 0.25) is 0 Å². The number of piperazine rings is 1. The molecule has 4 rings (SSSR count). The van der Waals surface area contributed by atoms with E-state index in [1.165, 1.54) is 9.78 Å². The average Bonchev–Trinajstić information content (AvgIpc) is 3.10. The fourth-order valence-corrected chi connectivity index (χ4v) is 5.97. The van der Waals surface area contributed by atoms with Crippen LogP contribution >= 0.6 is 11.3 Å². The van der Waals surface area contributed by atoms with Crippen molar-refractivity contribution in [2.75, 3.05) is 49.5 Å². The van der Waals surface area contributed by atoms with E-state index in [1.807, 2.05) is 25.1 Å². The number of quaternary nitrogens is 1. The number of benzene rings is 1. The van der Waals surface area contributed by atoms with Gasteiger partial charge in [0, 0.05) is 4.88 Å². The fraction of sp³-hybridized carbons (Fsp3) is 0.500. The lowest BCUT2D eigenvalue weighted by Crippen LogP contribution is -3.15. The van der Waals surface area contributed by atoms with E-state index in [0.29, 0.717) is 24.6 Å². The molecule has 1 saturated heterocycles. The van der Waals surface area contributed by atoms with Gasteiger partial charge in [-0.1, -0.05) is 19.1 Å². The van der Waals surface area contributed by atoms with E-state index in [4.69, 9.17) is 4.74 Å². The summed E-state index contributed by atoms with van der Waals surface area (Å²) in [5.74, 6) is 1.57. The monoisotopic (exact) mass is 439 g/mol. The fourth-order valence-electron chi connectivity index (χ4n) is 4.59. The molecule has 0 spiro atoms. The molecule has 1 fully saturated rings. The van der Waals surface area contributed by atoms with Crippen molar-refractivity contribution in [2.45, 2.75) is 33.1 Å². The number of para-hydroxylation sites is 2. The van der Waals surface area contributed by atoms with Crippen molar-refractivity contribution in [3.05, 3.63) is 40.3 Å². The van der Waals surface area contributed by atoms with Gasteiger partial charge in [-0.2, -0.15) is 5.26 Å². The van der Waals surface area contributed by atoms with Crippen LogP contribution in [0.3, 0.4) is 0 Å². The van der Waals surface area contributed by atoms with Gasteiger partial charge in [-0.25, -0.2) is 0 Å². The van der Waals surface area contributed by atoms with Gasteiger partial charge in [0.25, 0.3) is 5.91 Å². The maximum atomic E-state index is 12.7. The molecule has 0 radical (unpaired) electrons. The van der Waals surface area contributed by atoms with Crippen LogP contribution < -0.4 is 19.9 Å². The lowest BCUT2D eigenvalue weighted by Gasteiger charge is -2.34. The van der Waals surface area contributed by atoms with E-state index in [2.05, 4.69) is 29.3 Å². The Labute approximate surface area is 188 Å². The number of fused-ring (bicyclic) bond motifs is 1. The number of rotatable bonds is 6. The highest BCUT2D eigenvalue weighted by Gasteiger charge is 2.27. The van der Waals surface area contributed by atoms with Crippen molar-refractivity contribution in [3.63, 3.8) is 0 Å². The van der Waals surface area contributed by atoms with Crippen LogP contribution in [-0.2, 0) is 17.6 Å². The number of hydrogen-bond acceptors (Lipinski definition) is 5. The maximum Gasteiger partial charge on any atom is 0.280 e. The zero-order chi connectivity index (χ0) is 21.8. The van der Waals surface area contributed by atoms with Gasteiger partial charge in [-0.15, -0.1) is 11.3 Å². The minimum absolute atomic E-state index is 0.00121. The zero-order valence-electron chi connectivity index (χ0n) is 18.4. The molecule has 6 nitrogen and oxygen atoms in total. The molecule has 7 heteroatoms. The van der Waals surface area contributed by atoms with Crippen LogP contribution in [0.15, 0.2) is 24.3 Å². The summed E-state index contributed by atoms with van der Waals surface area (Å²) < 4.78 is 5.77. The molecule has 164 valence electrons. The quantitative estimate of drug-likeness (QED) is 0.726. The Hall–Kier alpha value is -2.56. The number of amides is 1. The van der Waals surface area contributed by atoms with Crippen LogP contribution in [0.5, 0.6) is 5.75 Å². The summed E-state index contributed by atoms with van der Waals surface area (Å²) in [5, 5.41) is 13.4. The molecule has 0 bridgehead atoms. The second kappa shape index (κ2) is 9.71. The first kappa shape index (κ1) is 21.7. The topological polar surface area (TPSA) is 69.8 Å². The largest absolute Gasteiger partial charge is 0.492 e. The lowest BCUT2D eigenvalue weighted by molar-refractivity contribution is -0.892. The number of anilines is 2. The molecule has 2 aromatic rings. The number of nitriles is 1. The van der Waals surface area contributed by atoms with Gasteiger partial charge in [-0.3, -0.25) is 4.79 Å². The molecule has 1 aliphatic carbocycles. The van der Waals surface area contributed by atoms with Gasteiger partial charge < -0.3 is 19.9 Å². The molecule has 1 amide bonds. The smallest absolute Gasteiger partial charge is 0.280 e. The molecular weight excluding hydrogens is 408 g/mol. The third-order valence-electron chi connectivity index (χ3n) is 6.26. The molecule has 0 saturated carbocycles. The highest BCUT2D eigenvalue weighted by Crippen LogP contribution is 2.39. The maximum absolute atomic E-state index is 12.7. The third kappa shape index (κ3) is 4.86. The highest BCUT2D eigenvalue weighted by molar-refractivity contribution is 7.16. The molecule has 2 N–H and O–H groups in total. The predicted octanol–water partition coefficient (Wildman–Crippen LogP) is 2.49. The van der Waals surface area contributed by atoms with Gasteiger partial charge in [-0.05, 0) is 49.8 Å². The summed E-state index contributed by atoms with van der Waals surface area (Å²) in [4.78, 5) is 17.6. The first-order chi connectivity index (χ1) is 15.1. The van der Waals surface area contributed by atoms with Gasteiger partial charge in [0.15, 0.2) is 6.54 Å². The number of carbonyl (C=O) groups is 1. The highest BCUT2D eigenvalue weighted by atomic mass is 32.1. The van der Waals surface area contributed by atoms with E-state index >= 15 is 0 Å². The van der Waals surface area contributed by atoms with Crippen LogP contribution in [-0.4, -0.2) is 45.2 Å². The van der Waals surface area contributed by atoms with Crippen LogP contribution in [0.1, 0.15) is 36.3 Å². The minimum Gasteiger partial charge on any atom is -0.492 e. The van der Waals surface area contributed by atoms with E-state index in [0.717, 1.165) is 67.4 Å². The zero-order valence-corrected chi connectivity index (χ0v) is 19.2. The van der Waals surface area contributed by atoms with Crippen molar-refractivity contribution in [1.82, 2.24) is 0 Å². The van der Waals surface area contributed by atoms with E-state index in [-0.39, 0.29) is 5.91 Å². The first-order valence-corrected chi connectivity index (χ1v) is 12.1. The molecular formula is C24H31N4O2S+. The molecule has 2 aliphatic rings. The molecule has 31 heavy (non-hydrogen) atoms. The Bertz CT molecular complexity index is 972. The minimum atomic E-state index is 0.00121. The summed E-state index contributed by atoms with van der Waals surface area (Å²) in [6.45, 7) is 8.92. The molecule has 1 aromatic heterocycles. The van der Waals surface area contributed by atoms with Crippen molar-refractivity contribution in [2.24, 2.45) is 5.92 Å². The lowest BCUT2D eigenvalue weighted by atomic mass is 9.89. The number of nitrogens with one attached hydrogen (secondary N) is 2. The average molecular weight is 440 g/mol. The second-order valence-corrected chi connectivity index (χ2v) is 9.64. The van der Waals surface area contributed by atoms with E-state index < -0.39 is 0 Å². The summed E-state index contributed by atoms with van der Waals surface area (Å²) in [6.07, 6.45) is 3.08. The normalized spacial score (nSPS) is 18.9. The molecule has 2 heterocycles. The Kier molecular flexibility index (Phi) is 6.79. The van der Waals surface area contributed by atoms with Crippen LogP contribution in [0, 0.1) is 17.2 Å². The number of hydrogen-bond donors (Lipinski definition) is 2. The van der Waals surface area contributed by atoms with Gasteiger partial charge >= 0.3 is 0 Å². The standard InChI is InChI=1S/C24H30N4O2S/c1-3-30-21-7-5-4-6-20(21)28-12-10-27(11-13-28)16-23(29)26-24-19(15-25)18-9-8-17(2)14-22(18)31-24/h4-7,17H,3,8-14,16H2,1-2H3,(H,26,29)/p+1/t17-/m1/s1. The molecule has 0 unspecified atom stereocenters. The van der Waals surface area contributed by atoms with Crippen molar-refractivity contribution in [3.8, 4) is 11.8 Å². The van der Waals surface area contributed by atoms with Gasteiger partial charge in [0.1, 0.15) is 16.8 Å². The summed E-state index contributed by atoms with van der Waals surface area (Å²) >= 11 is 1.60. The number of thiophene rings is 1.